The molecule has 0 saturated carbocycles. The molecule has 0 saturated heterocycles. The van der Waals surface area contributed by atoms with Gasteiger partial charge in [-0.05, 0) is 49.7 Å². The van der Waals surface area contributed by atoms with Gasteiger partial charge in [0.15, 0.2) is 0 Å². The summed E-state index contributed by atoms with van der Waals surface area (Å²) in [5.41, 5.74) is 2.74. The monoisotopic (exact) mass is 428 g/mol. The van der Waals surface area contributed by atoms with Crippen LogP contribution in [0.2, 0.25) is 0 Å². The van der Waals surface area contributed by atoms with Crippen LogP contribution in [0.4, 0.5) is 0 Å². The molecule has 2 unspecified atom stereocenters. The topological polar surface area (TPSA) is 55.8 Å². The van der Waals surface area contributed by atoms with E-state index in [0.29, 0.717) is 25.0 Å². The summed E-state index contributed by atoms with van der Waals surface area (Å²) in [6, 6.07) is 8.36. The Balaban J connectivity index is 0.000000807. The maximum atomic E-state index is 11.9. The van der Waals surface area contributed by atoms with E-state index in [1.165, 1.54) is 11.1 Å². The van der Waals surface area contributed by atoms with Gasteiger partial charge >= 0.3 is 7.82 Å². The first-order valence-corrected chi connectivity index (χ1v) is 12.9. The average molecular weight is 429 g/mol. The van der Waals surface area contributed by atoms with Crippen molar-refractivity contribution in [1.29, 1.82) is 0 Å². The summed E-state index contributed by atoms with van der Waals surface area (Å²) in [7, 11) is -3.89. The van der Waals surface area contributed by atoms with Gasteiger partial charge in [-0.2, -0.15) is 0 Å². The molecule has 0 aromatic heterocycles. The normalized spacial score (nSPS) is 15.1. The molecule has 0 spiro atoms. The number of hydrogen-bond donors (Lipinski definition) is 1. The Morgan fingerprint density at radius 1 is 0.828 bits per heavy atom. The van der Waals surface area contributed by atoms with E-state index in [0.717, 1.165) is 51.4 Å². The summed E-state index contributed by atoms with van der Waals surface area (Å²) >= 11 is 0. The van der Waals surface area contributed by atoms with E-state index in [1.54, 1.807) is 0 Å². The number of hydrogen-bond acceptors (Lipinski definition) is 3. The molecule has 0 fully saturated rings. The quantitative estimate of drug-likeness (QED) is 0.306. The van der Waals surface area contributed by atoms with Gasteiger partial charge in [-0.3, -0.25) is 9.05 Å². The van der Waals surface area contributed by atoms with E-state index >= 15 is 0 Å². The van der Waals surface area contributed by atoms with E-state index in [1.807, 2.05) is 0 Å². The second-order valence-corrected chi connectivity index (χ2v) is 9.43. The molecule has 5 heteroatoms. The molecule has 0 aliphatic rings. The fourth-order valence-corrected chi connectivity index (χ4v) is 3.77. The van der Waals surface area contributed by atoms with Crippen molar-refractivity contribution in [3.63, 3.8) is 0 Å². The van der Waals surface area contributed by atoms with Gasteiger partial charge in [-0.1, -0.05) is 90.5 Å². The Hall–Kier alpha value is -0.670. The zero-order chi connectivity index (χ0) is 22.1. The second kappa shape index (κ2) is 17.1. The number of aryl methyl sites for hydroxylation is 2. The Kier molecular flexibility index (Phi) is 16.7. The van der Waals surface area contributed by atoms with Gasteiger partial charge in [0.2, 0.25) is 0 Å². The van der Waals surface area contributed by atoms with Crippen molar-refractivity contribution in [1.82, 2.24) is 0 Å². The first-order valence-electron chi connectivity index (χ1n) is 11.4. The molecule has 170 valence electrons. The average Bonchev–Trinajstić information content (AvgIpc) is 2.71. The molecule has 0 heterocycles. The zero-order valence-electron chi connectivity index (χ0n) is 19.7. The summed E-state index contributed by atoms with van der Waals surface area (Å²) in [5.74, 6) is 0.687. The predicted octanol–water partition coefficient (Wildman–Crippen LogP) is 7.86. The summed E-state index contributed by atoms with van der Waals surface area (Å²) < 4.78 is 22.2. The van der Waals surface area contributed by atoms with Crippen molar-refractivity contribution in [3.8, 4) is 0 Å². The van der Waals surface area contributed by atoms with Crippen LogP contribution in [0.15, 0.2) is 24.3 Å². The molecule has 1 aromatic carbocycles. The van der Waals surface area contributed by atoms with E-state index in [2.05, 4.69) is 65.8 Å². The SMILES string of the molecule is CCCCC(CC)COP(=O)(O)OCC(CC)CCCC.Cc1ccccc1C. The van der Waals surface area contributed by atoms with Gasteiger partial charge < -0.3 is 4.89 Å². The third-order valence-electron chi connectivity index (χ3n) is 5.46. The molecule has 1 aromatic rings. The second-order valence-electron chi connectivity index (χ2n) is 7.98. The fraction of sp³-hybridized carbons (Fsp3) is 0.750. The summed E-state index contributed by atoms with van der Waals surface area (Å²) in [6.45, 7) is 13.3. The molecule has 29 heavy (non-hydrogen) atoms. The largest absolute Gasteiger partial charge is 0.472 e. The molecule has 0 aliphatic carbocycles. The lowest BCUT2D eigenvalue weighted by molar-refractivity contribution is 0.110. The van der Waals surface area contributed by atoms with Crippen LogP contribution in [0, 0.1) is 25.7 Å². The smallest absolute Gasteiger partial charge is 0.302 e. The zero-order valence-corrected chi connectivity index (χ0v) is 20.5. The van der Waals surface area contributed by atoms with Crippen LogP contribution in [-0.4, -0.2) is 18.1 Å². The lowest BCUT2D eigenvalue weighted by Gasteiger charge is -2.20. The predicted molar refractivity (Wildman–Crippen MR) is 124 cm³/mol. The van der Waals surface area contributed by atoms with Gasteiger partial charge in [0.1, 0.15) is 0 Å². The Morgan fingerprint density at radius 3 is 1.48 bits per heavy atom. The number of benzene rings is 1. The maximum absolute atomic E-state index is 11.9. The van der Waals surface area contributed by atoms with Crippen molar-refractivity contribution in [2.45, 2.75) is 92.9 Å². The standard InChI is InChI=1S/C16H35O4P.C8H10/c1-5-9-11-15(7-3)13-19-21(17,18)20-14-16(8-4)12-10-6-2;1-7-5-3-4-6-8(7)2/h15-16H,5-14H2,1-4H3,(H,17,18);3-6H,1-2H3. The Bertz CT molecular complexity index is 517. The highest BCUT2D eigenvalue weighted by molar-refractivity contribution is 7.47. The molecule has 2 atom stereocenters. The number of phosphoric acid groups is 1. The van der Waals surface area contributed by atoms with Gasteiger partial charge in [0.05, 0.1) is 13.2 Å². The third-order valence-corrected chi connectivity index (χ3v) is 6.41. The number of rotatable bonds is 14. The molecule has 0 aliphatic heterocycles. The lowest BCUT2D eigenvalue weighted by Crippen LogP contribution is -2.12. The van der Waals surface area contributed by atoms with Crippen molar-refractivity contribution >= 4 is 7.82 Å². The van der Waals surface area contributed by atoms with E-state index in [9.17, 15) is 9.46 Å². The minimum absolute atomic E-state index is 0.316. The molecule has 4 nitrogen and oxygen atoms in total. The Labute approximate surface area is 180 Å². The first kappa shape index (κ1) is 28.3. The molecule has 1 N–H and O–H groups in total. The first-order chi connectivity index (χ1) is 13.8. The highest BCUT2D eigenvalue weighted by atomic mass is 31.2. The van der Waals surface area contributed by atoms with Crippen molar-refractivity contribution in [3.05, 3.63) is 35.4 Å². The minimum atomic E-state index is -3.89. The molecular formula is C24H45O4P. The van der Waals surface area contributed by atoms with Crippen molar-refractivity contribution < 1.29 is 18.5 Å². The lowest BCUT2D eigenvalue weighted by atomic mass is 10.0. The third kappa shape index (κ3) is 14.9. The highest BCUT2D eigenvalue weighted by Crippen LogP contribution is 2.44. The number of unbranched alkanes of at least 4 members (excludes halogenated alkanes) is 2. The summed E-state index contributed by atoms with van der Waals surface area (Å²) in [4.78, 5) is 9.77. The molecule has 0 radical (unpaired) electrons. The van der Waals surface area contributed by atoms with Crippen LogP contribution in [-0.2, 0) is 13.6 Å². The van der Waals surface area contributed by atoms with E-state index in [4.69, 9.17) is 9.05 Å². The van der Waals surface area contributed by atoms with Crippen molar-refractivity contribution in [2.24, 2.45) is 11.8 Å². The van der Waals surface area contributed by atoms with Crippen LogP contribution in [0.5, 0.6) is 0 Å². The van der Waals surface area contributed by atoms with Crippen LogP contribution in [0.3, 0.4) is 0 Å². The van der Waals surface area contributed by atoms with Gasteiger partial charge in [-0.15, -0.1) is 0 Å². The summed E-state index contributed by atoms with van der Waals surface area (Å²) in [5, 5.41) is 0. The van der Waals surface area contributed by atoms with E-state index < -0.39 is 7.82 Å². The molecular weight excluding hydrogens is 383 g/mol. The highest BCUT2D eigenvalue weighted by Gasteiger charge is 2.24. The fourth-order valence-electron chi connectivity index (χ4n) is 2.90. The van der Waals surface area contributed by atoms with Gasteiger partial charge in [0, 0.05) is 0 Å². The molecule has 1 rings (SSSR count). The molecule has 0 amide bonds. The van der Waals surface area contributed by atoms with E-state index in [-0.39, 0.29) is 0 Å². The van der Waals surface area contributed by atoms with Crippen LogP contribution in [0.25, 0.3) is 0 Å². The van der Waals surface area contributed by atoms with Crippen LogP contribution in [0.1, 0.15) is 90.2 Å². The number of phosphoric ester groups is 1. The summed E-state index contributed by atoms with van der Waals surface area (Å²) in [6.07, 6.45) is 8.56. The van der Waals surface area contributed by atoms with Gasteiger partial charge in [-0.25, -0.2) is 4.57 Å². The maximum Gasteiger partial charge on any atom is 0.472 e. The molecule has 0 bridgehead atoms. The van der Waals surface area contributed by atoms with Crippen LogP contribution >= 0.6 is 7.82 Å². The Morgan fingerprint density at radius 2 is 1.21 bits per heavy atom. The van der Waals surface area contributed by atoms with Gasteiger partial charge in [0.25, 0.3) is 0 Å². The van der Waals surface area contributed by atoms with Crippen molar-refractivity contribution in [2.75, 3.05) is 13.2 Å². The minimum Gasteiger partial charge on any atom is -0.302 e. The van der Waals surface area contributed by atoms with Crippen LogP contribution < -0.4 is 0 Å².